The molecule has 0 saturated carbocycles. The van der Waals surface area contributed by atoms with Gasteiger partial charge >= 0.3 is 0 Å². The van der Waals surface area contributed by atoms with E-state index in [1.807, 2.05) is 6.92 Å². The van der Waals surface area contributed by atoms with Gasteiger partial charge in [-0.25, -0.2) is 4.98 Å². The summed E-state index contributed by atoms with van der Waals surface area (Å²) in [5.74, 6) is 0.300. The first-order valence-corrected chi connectivity index (χ1v) is 6.98. The molecule has 1 fully saturated rings. The summed E-state index contributed by atoms with van der Waals surface area (Å²) in [6.45, 7) is 2.48. The van der Waals surface area contributed by atoms with Crippen LogP contribution in [0.15, 0.2) is 18.2 Å². The van der Waals surface area contributed by atoms with Crippen LogP contribution in [0.3, 0.4) is 0 Å². The van der Waals surface area contributed by atoms with Gasteiger partial charge in [0.05, 0.1) is 19.3 Å². The Balaban J connectivity index is 2.21. The number of hydrogen-bond donors (Lipinski definition) is 3. The van der Waals surface area contributed by atoms with Crippen LogP contribution in [0.5, 0.6) is 0 Å². The number of pyridine rings is 1. The van der Waals surface area contributed by atoms with Crippen LogP contribution >= 0.6 is 0 Å². The summed E-state index contributed by atoms with van der Waals surface area (Å²) in [7, 11) is 1.73. The Bertz CT molecular complexity index is 497. The average molecular weight is 295 g/mol. The van der Waals surface area contributed by atoms with Gasteiger partial charge in [-0.2, -0.15) is 0 Å². The topological polar surface area (TPSA) is 94.9 Å². The van der Waals surface area contributed by atoms with Crippen molar-refractivity contribution in [1.82, 2.24) is 9.88 Å². The van der Waals surface area contributed by atoms with E-state index < -0.39 is 18.2 Å². The van der Waals surface area contributed by atoms with Gasteiger partial charge < -0.3 is 25.2 Å². The number of aliphatic hydroxyl groups is 2. The second-order valence-corrected chi connectivity index (χ2v) is 4.91. The SMILES string of the molecule is CCN(C(=O)c1cccc(NC)n1)[C@@H]1COC[C@@H](O)[C@H]1O. The van der Waals surface area contributed by atoms with Gasteiger partial charge in [-0.05, 0) is 19.1 Å². The van der Waals surface area contributed by atoms with Crippen LogP contribution in [0.25, 0.3) is 0 Å². The zero-order valence-corrected chi connectivity index (χ0v) is 12.2. The number of rotatable bonds is 4. The van der Waals surface area contributed by atoms with Crippen molar-refractivity contribution in [2.75, 3.05) is 32.1 Å². The summed E-state index contributed by atoms with van der Waals surface area (Å²) in [5, 5.41) is 22.6. The summed E-state index contributed by atoms with van der Waals surface area (Å²) in [5.41, 5.74) is 0.288. The molecule has 21 heavy (non-hydrogen) atoms. The molecule has 0 spiro atoms. The molecule has 0 bridgehead atoms. The number of nitrogens with zero attached hydrogens (tertiary/aromatic N) is 2. The van der Waals surface area contributed by atoms with E-state index in [1.165, 1.54) is 4.90 Å². The Morgan fingerprint density at radius 1 is 1.48 bits per heavy atom. The maximum Gasteiger partial charge on any atom is 0.272 e. The van der Waals surface area contributed by atoms with Crippen LogP contribution < -0.4 is 5.32 Å². The number of nitrogens with one attached hydrogen (secondary N) is 1. The Labute approximate surface area is 123 Å². The molecule has 3 N–H and O–H groups in total. The van der Waals surface area contributed by atoms with Gasteiger partial charge in [-0.15, -0.1) is 0 Å². The van der Waals surface area contributed by atoms with Crippen LogP contribution in [-0.4, -0.2) is 71.1 Å². The van der Waals surface area contributed by atoms with Crippen LogP contribution in [0.4, 0.5) is 5.82 Å². The fourth-order valence-corrected chi connectivity index (χ4v) is 2.41. The summed E-state index contributed by atoms with van der Waals surface area (Å²) >= 11 is 0. The number of amides is 1. The molecule has 1 aromatic heterocycles. The number of carbonyl (C=O) groups is 1. The molecule has 1 aromatic rings. The third kappa shape index (κ3) is 3.31. The number of aliphatic hydroxyl groups excluding tert-OH is 2. The number of likely N-dealkylation sites (N-methyl/N-ethyl adjacent to an activating group) is 1. The smallest absolute Gasteiger partial charge is 0.272 e. The van der Waals surface area contributed by atoms with Crippen LogP contribution in [0.1, 0.15) is 17.4 Å². The second-order valence-electron chi connectivity index (χ2n) is 4.91. The van der Waals surface area contributed by atoms with E-state index in [4.69, 9.17) is 4.74 Å². The highest BCUT2D eigenvalue weighted by molar-refractivity contribution is 5.93. The van der Waals surface area contributed by atoms with Gasteiger partial charge in [0.1, 0.15) is 23.7 Å². The number of hydrogen-bond acceptors (Lipinski definition) is 6. The molecule has 0 radical (unpaired) electrons. The molecular formula is C14H21N3O4. The Kier molecular flexibility index (Phi) is 5.11. The molecule has 1 aliphatic rings. The number of ether oxygens (including phenoxy) is 1. The Hall–Kier alpha value is -1.70. The minimum atomic E-state index is -1.02. The zero-order valence-electron chi connectivity index (χ0n) is 12.2. The molecule has 116 valence electrons. The van der Waals surface area contributed by atoms with Crippen molar-refractivity contribution in [1.29, 1.82) is 0 Å². The third-order valence-corrected chi connectivity index (χ3v) is 3.59. The molecule has 2 rings (SSSR count). The van der Waals surface area contributed by atoms with Gasteiger partial charge in [-0.3, -0.25) is 4.79 Å². The van der Waals surface area contributed by atoms with Gasteiger partial charge in [-0.1, -0.05) is 6.07 Å². The van der Waals surface area contributed by atoms with Gasteiger partial charge in [0.15, 0.2) is 0 Å². The monoisotopic (exact) mass is 295 g/mol. The van der Waals surface area contributed by atoms with Gasteiger partial charge in [0, 0.05) is 13.6 Å². The number of anilines is 1. The fourth-order valence-electron chi connectivity index (χ4n) is 2.41. The summed E-state index contributed by atoms with van der Waals surface area (Å²) in [4.78, 5) is 18.3. The van der Waals surface area contributed by atoms with Crippen molar-refractivity contribution < 1.29 is 19.7 Å². The van der Waals surface area contributed by atoms with Crippen LogP contribution in [-0.2, 0) is 4.74 Å². The van der Waals surface area contributed by atoms with Crippen molar-refractivity contribution in [3.8, 4) is 0 Å². The van der Waals surface area contributed by atoms with E-state index in [-0.39, 0.29) is 24.8 Å². The quantitative estimate of drug-likeness (QED) is 0.706. The normalized spacial score (nSPS) is 25.4. The summed E-state index contributed by atoms with van der Waals surface area (Å²) < 4.78 is 5.24. The standard InChI is InChI=1S/C14H21N3O4/c1-3-17(10-7-21-8-11(18)13(10)19)14(20)9-5-4-6-12(15-2)16-9/h4-6,10-11,13,18-19H,3,7-8H2,1-2H3,(H,15,16)/t10-,11-,13+/m1/s1. The molecule has 1 aliphatic heterocycles. The highest BCUT2D eigenvalue weighted by Crippen LogP contribution is 2.17. The Morgan fingerprint density at radius 2 is 2.24 bits per heavy atom. The van der Waals surface area contributed by atoms with E-state index in [0.717, 1.165) is 0 Å². The lowest BCUT2D eigenvalue weighted by Gasteiger charge is -2.38. The lowest BCUT2D eigenvalue weighted by Crippen LogP contribution is -2.57. The van der Waals surface area contributed by atoms with Crippen molar-refractivity contribution in [2.45, 2.75) is 25.2 Å². The summed E-state index contributed by atoms with van der Waals surface area (Å²) in [6.07, 6.45) is -2.00. The molecule has 2 heterocycles. The van der Waals surface area contributed by atoms with Crippen molar-refractivity contribution in [2.24, 2.45) is 0 Å². The lowest BCUT2D eigenvalue weighted by atomic mass is 10.0. The third-order valence-electron chi connectivity index (χ3n) is 3.59. The van der Waals surface area contributed by atoms with Crippen LogP contribution in [0, 0.1) is 0 Å². The van der Waals surface area contributed by atoms with Crippen LogP contribution in [0.2, 0.25) is 0 Å². The van der Waals surface area contributed by atoms with Crippen molar-refractivity contribution >= 4 is 11.7 Å². The average Bonchev–Trinajstić information content (AvgIpc) is 2.52. The largest absolute Gasteiger partial charge is 0.388 e. The van der Waals surface area contributed by atoms with Crippen molar-refractivity contribution in [3.63, 3.8) is 0 Å². The molecule has 1 saturated heterocycles. The molecule has 3 atom stereocenters. The first-order valence-electron chi connectivity index (χ1n) is 6.98. The number of carbonyl (C=O) groups excluding carboxylic acids is 1. The molecule has 0 aliphatic carbocycles. The molecular weight excluding hydrogens is 274 g/mol. The lowest BCUT2D eigenvalue weighted by molar-refractivity contribution is -0.125. The number of aromatic nitrogens is 1. The Morgan fingerprint density at radius 3 is 2.90 bits per heavy atom. The second kappa shape index (κ2) is 6.84. The zero-order chi connectivity index (χ0) is 15.4. The first kappa shape index (κ1) is 15.7. The van der Waals surface area contributed by atoms with Crippen molar-refractivity contribution in [3.05, 3.63) is 23.9 Å². The molecule has 0 unspecified atom stereocenters. The highest BCUT2D eigenvalue weighted by Gasteiger charge is 2.37. The predicted molar refractivity (Wildman–Crippen MR) is 77.1 cm³/mol. The molecule has 7 heteroatoms. The van der Waals surface area contributed by atoms with E-state index in [2.05, 4.69) is 10.3 Å². The van der Waals surface area contributed by atoms with E-state index >= 15 is 0 Å². The molecule has 0 aromatic carbocycles. The molecule has 7 nitrogen and oxygen atoms in total. The maximum absolute atomic E-state index is 12.6. The van der Waals surface area contributed by atoms with E-state index in [9.17, 15) is 15.0 Å². The van der Waals surface area contributed by atoms with Gasteiger partial charge in [0.2, 0.25) is 0 Å². The first-order chi connectivity index (χ1) is 10.1. The maximum atomic E-state index is 12.6. The minimum absolute atomic E-state index is 0.0803. The predicted octanol–water partition coefficient (Wildman–Crippen LogP) is -0.294. The fraction of sp³-hybridized carbons (Fsp3) is 0.571. The minimum Gasteiger partial charge on any atom is -0.388 e. The van der Waals surface area contributed by atoms with E-state index in [0.29, 0.717) is 12.4 Å². The molecule has 1 amide bonds. The van der Waals surface area contributed by atoms with Gasteiger partial charge in [0.25, 0.3) is 5.91 Å². The van der Waals surface area contributed by atoms with E-state index in [1.54, 1.807) is 25.2 Å². The highest BCUT2D eigenvalue weighted by atomic mass is 16.5. The summed E-state index contributed by atoms with van der Waals surface area (Å²) in [6, 6.07) is 4.54.